The lowest BCUT2D eigenvalue weighted by atomic mass is 10.1. The van der Waals surface area contributed by atoms with Crippen LogP contribution >= 0.6 is 11.6 Å². The van der Waals surface area contributed by atoms with Gasteiger partial charge in [0.1, 0.15) is 6.04 Å². The van der Waals surface area contributed by atoms with E-state index in [9.17, 15) is 4.79 Å². The third-order valence-corrected chi connectivity index (χ3v) is 5.19. The summed E-state index contributed by atoms with van der Waals surface area (Å²) in [5.74, 6) is 0.483. The zero-order valence-corrected chi connectivity index (χ0v) is 14.2. The van der Waals surface area contributed by atoms with Crippen LogP contribution in [-0.2, 0) is 4.79 Å². The van der Waals surface area contributed by atoms with Gasteiger partial charge in [0.25, 0.3) is 0 Å². The van der Waals surface area contributed by atoms with E-state index in [-0.39, 0.29) is 11.9 Å². The first-order valence-corrected chi connectivity index (χ1v) is 8.57. The highest BCUT2D eigenvalue weighted by atomic mass is 35.5. The van der Waals surface area contributed by atoms with Crippen LogP contribution in [0.2, 0.25) is 5.02 Å². The summed E-state index contributed by atoms with van der Waals surface area (Å²) >= 11 is 5.87. The van der Waals surface area contributed by atoms with Gasteiger partial charge in [0, 0.05) is 23.7 Å². The van der Waals surface area contributed by atoms with Gasteiger partial charge in [-0.1, -0.05) is 16.7 Å². The van der Waals surface area contributed by atoms with Crippen LogP contribution in [0.4, 0.5) is 6.01 Å². The van der Waals surface area contributed by atoms with Crippen molar-refractivity contribution in [2.75, 3.05) is 18.4 Å². The monoisotopic (exact) mass is 346 g/mol. The molecule has 0 bridgehead atoms. The molecule has 1 atom stereocenters. The van der Waals surface area contributed by atoms with E-state index in [1.165, 1.54) is 12.8 Å². The Hall–Kier alpha value is -2.08. The maximum atomic E-state index is 12.5. The molecule has 1 aromatic heterocycles. The van der Waals surface area contributed by atoms with Gasteiger partial charge in [0.05, 0.1) is 0 Å². The summed E-state index contributed by atoms with van der Waals surface area (Å²) in [7, 11) is 0. The molecule has 1 saturated carbocycles. The SMILES string of the molecule is C[C@@H](Nc1nnc(-c2ccc(Cl)cc2)o1)C(=O)N1CCC2(CC2)C1. The Balaban J connectivity index is 1.40. The third-order valence-electron chi connectivity index (χ3n) is 4.93. The number of hydrogen-bond donors (Lipinski definition) is 1. The third kappa shape index (κ3) is 2.98. The van der Waals surface area contributed by atoms with Gasteiger partial charge in [-0.15, -0.1) is 5.10 Å². The number of rotatable bonds is 4. The fraction of sp³-hybridized carbons (Fsp3) is 0.471. The van der Waals surface area contributed by atoms with Crippen molar-refractivity contribution in [1.82, 2.24) is 15.1 Å². The number of likely N-dealkylation sites (tertiary alicyclic amines) is 1. The number of halogens is 1. The average molecular weight is 347 g/mol. The van der Waals surface area contributed by atoms with E-state index in [1.807, 2.05) is 24.0 Å². The van der Waals surface area contributed by atoms with Crippen molar-refractivity contribution in [1.29, 1.82) is 0 Å². The van der Waals surface area contributed by atoms with Crippen LogP contribution in [0.3, 0.4) is 0 Å². The van der Waals surface area contributed by atoms with E-state index in [1.54, 1.807) is 12.1 Å². The number of nitrogens with one attached hydrogen (secondary N) is 1. The lowest BCUT2D eigenvalue weighted by Crippen LogP contribution is -2.40. The van der Waals surface area contributed by atoms with E-state index in [2.05, 4.69) is 15.5 Å². The smallest absolute Gasteiger partial charge is 0.316 e. The summed E-state index contributed by atoms with van der Waals surface area (Å²) in [5, 5.41) is 11.6. The second-order valence-electron chi connectivity index (χ2n) is 6.80. The Bertz CT molecular complexity index is 754. The highest BCUT2D eigenvalue weighted by molar-refractivity contribution is 6.30. The molecule has 1 aliphatic carbocycles. The molecule has 126 valence electrons. The predicted octanol–water partition coefficient (Wildman–Crippen LogP) is 3.20. The van der Waals surface area contributed by atoms with Crippen molar-refractivity contribution in [3.8, 4) is 11.5 Å². The van der Waals surface area contributed by atoms with E-state index >= 15 is 0 Å². The Morgan fingerprint density at radius 2 is 2.04 bits per heavy atom. The van der Waals surface area contributed by atoms with Gasteiger partial charge in [-0.3, -0.25) is 4.79 Å². The molecule has 0 radical (unpaired) electrons. The molecule has 2 aliphatic rings. The fourth-order valence-electron chi connectivity index (χ4n) is 3.22. The molecule has 4 rings (SSSR count). The predicted molar refractivity (Wildman–Crippen MR) is 90.7 cm³/mol. The van der Waals surface area contributed by atoms with Crippen molar-refractivity contribution in [2.24, 2.45) is 5.41 Å². The summed E-state index contributed by atoms with van der Waals surface area (Å²) in [6.45, 7) is 3.56. The van der Waals surface area contributed by atoms with Gasteiger partial charge in [-0.25, -0.2) is 0 Å². The summed E-state index contributed by atoms with van der Waals surface area (Å²) in [6.07, 6.45) is 3.64. The minimum absolute atomic E-state index is 0.0880. The van der Waals surface area contributed by atoms with Crippen LogP contribution in [0.15, 0.2) is 28.7 Å². The Morgan fingerprint density at radius 3 is 2.71 bits per heavy atom. The number of nitrogens with zero attached hydrogens (tertiary/aromatic N) is 3. The molecule has 1 aromatic carbocycles. The van der Waals surface area contributed by atoms with Crippen molar-refractivity contribution in [2.45, 2.75) is 32.2 Å². The maximum absolute atomic E-state index is 12.5. The lowest BCUT2D eigenvalue weighted by Gasteiger charge is -2.21. The molecule has 2 heterocycles. The van der Waals surface area contributed by atoms with E-state index in [0.717, 1.165) is 25.1 Å². The molecule has 6 nitrogen and oxygen atoms in total. The summed E-state index contributed by atoms with van der Waals surface area (Å²) in [4.78, 5) is 14.5. The Morgan fingerprint density at radius 1 is 1.29 bits per heavy atom. The first-order chi connectivity index (χ1) is 11.5. The van der Waals surface area contributed by atoms with Crippen molar-refractivity contribution >= 4 is 23.5 Å². The van der Waals surface area contributed by atoms with Crippen LogP contribution < -0.4 is 5.32 Å². The number of amides is 1. The second-order valence-corrected chi connectivity index (χ2v) is 7.23. The van der Waals surface area contributed by atoms with Crippen molar-refractivity contribution in [3.63, 3.8) is 0 Å². The van der Waals surface area contributed by atoms with Gasteiger partial charge < -0.3 is 14.6 Å². The molecule has 7 heteroatoms. The van der Waals surface area contributed by atoms with Crippen LogP contribution in [0.25, 0.3) is 11.5 Å². The molecular weight excluding hydrogens is 328 g/mol. The van der Waals surface area contributed by atoms with E-state index < -0.39 is 6.04 Å². The summed E-state index contributed by atoms with van der Waals surface area (Å²) < 4.78 is 5.60. The number of carbonyl (C=O) groups is 1. The number of anilines is 1. The highest BCUT2D eigenvalue weighted by Gasteiger charge is 2.49. The van der Waals surface area contributed by atoms with Gasteiger partial charge in [0.15, 0.2) is 0 Å². The molecule has 2 fully saturated rings. The molecule has 1 amide bonds. The Kier molecular flexibility index (Phi) is 3.72. The van der Waals surface area contributed by atoms with E-state index in [4.69, 9.17) is 16.0 Å². The zero-order valence-electron chi connectivity index (χ0n) is 13.5. The zero-order chi connectivity index (χ0) is 16.7. The average Bonchev–Trinajstić information content (AvgIpc) is 2.97. The van der Waals surface area contributed by atoms with Gasteiger partial charge in [0.2, 0.25) is 11.8 Å². The van der Waals surface area contributed by atoms with Gasteiger partial charge in [-0.05, 0) is 55.9 Å². The summed E-state index contributed by atoms with van der Waals surface area (Å²) in [6, 6.07) is 7.02. The summed E-state index contributed by atoms with van der Waals surface area (Å²) in [5.41, 5.74) is 1.22. The largest absolute Gasteiger partial charge is 0.403 e. The fourth-order valence-corrected chi connectivity index (χ4v) is 3.35. The minimum Gasteiger partial charge on any atom is -0.403 e. The van der Waals surface area contributed by atoms with Crippen LogP contribution in [0.5, 0.6) is 0 Å². The second kappa shape index (κ2) is 5.77. The first kappa shape index (κ1) is 15.4. The standard InChI is InChI=1S/C17H19ClN4O2/c1-11(15(23)22-9-8-17(10-22)6-7-17)19-16-21-20-14(24-16)12-2-4-13(18)5-3-12/h2-5,11H,6-10H2,1H3,(H,19,21)/t11-/m1/s1. The number of hydrogen-bond acceptors (Lipinski definition) is 5. The first-order valence-electron chi connectivity index (χ1n) is 8.19. The van der Waals surface area contributed by atoms with Gasteiger partial charge >= 0.3 is 6.01 Å². The molecule has 0 unspecified atom stereocenters. The molecule has 2 aromatic rings. The van der Waals surface area contributed by atoms with Crippen LogP contribution in [-0.4, -0.2) is 40.1 Å². The molecule has 1 N–H and O–H groups in total. The topological polar surface area (TPSA) is 71.3 Å². The molecule has 24 heavy (non-hydrogen) atoms. The number of carbonyl (C=O) groups excluding carboxylic acids is 1. The molecular formula is C17H19ClN4O2. The van der Waals surface area contributed by atoms with Crippen LogP contribution in [0.1, 0.15) is 26.2 Å². The van der Waals surface area contributed by atoms with Crippen LogP contribution in [0, 0.1) is 5.41 Å². The maximum Gasteiger partial charge on any atom is 0.316 e. The number of aromatic nitrogens is 2. The van der Waals surface area contributed by atoms with Gasteiger partial charge in [-0.2, -0.15) is 0 Å². The minimum atomic E-state index is -0.391. The lowest BCUT2D eigenvalue weighted by molar-refractivity contribution is -0.130. The molecule has 1 spiro atoms. The molecule has 1 saturated heterocycles. The highest BCUT2D eigenvalue weighted by Crippen LogP contribution is 2.52. The normalized spacial score (nSPS) is 19.5. The number of benzene rings is 1. The van der Waals surface area contributed by atoms with Crippen molar-refractivity contribution < 1.29 is 9.21 Å². The quantitative estimate of drug-likeness (QED) is 0.920. The van der Waals surface area contributed by atoms with E-state index in [0.29, 0.717) is 16.3 Å². The van der Waals surface area contributed by atoms with Crippen molar-refractivity contribution in [3.05, 3.63) is 29.3 Å². The molecule has 1 aliphatic heterocycles. The Labute approximate surface area is 145 Å².